The highest BCUT2D eigenvalue weighted by Gasteiger charge is 2.02. The zero-order valence-corrected chi connectivity index (χ0v) is 10.6. The monoisotopic (exact) mass is 253 g/mol. The van der Waals surface area contributed by atoms with Crippen molar-refractivity contribution < 1.29 is 4.74 Å². The van der Waals surface area contributed by atoms with Crippen LogP contribution in [-0.4, -0.2) is 21.6 Å². The molecule has 0 spiro atoms. The molecule has 0 aliphatic heterocycles. The molecule has 0 atom stereocenters. The average Bonchev–Trinajstić information content (AvgIpc) is 2.88. The minimum absolute atomic E-state index is 0.679. The summed E-state index contributed by atoms with van der Waals surface area (Å²) < 4.78 is 7.58. The lowest BCUT2D eigenvalue weighted by Crippen LogP contribution is -2.05. The van der Waals surface area contributed by atoms with Crippen LogP contribution in [0.5, 0.6) is 5.75 Å². The van der Waals surface area contributed by atoms with Crippen molar-refractivity contribution in [2.45, 2.75) is 13.0 Å². The number of aryl methyl sites for hydroxylation is 1. The first-order valence-corrected chi connectivity index (χ1v) is 6.39. The second kappa shape index (κ2) is 5.52. The fraction of sp³-hybridized carbons (Fsp3) is 0.200. The van der Waals surface area contributed by atoms with Gasteiger partial charge in [0.05, 0.1) is 12.1 Å². The van der Waals surface area contributed by atoms with E-state index in [9.17, 15) is 0 Å². The van der Waals surface area contributed by atoms with Crippen LogP contribution in [0.3, 0.4) is 0 Å². The fourth-order valence-corrected chi connectivity index (χ4v) is 2.00. The maximum absolute atomic E-state index is 5.65. The Morgan fingerprint density at radius 1 is 0.947 bits per heavy atom. The zero-order valence-electron chi connectivity index (χ0n) is 10.6. The van der Waals surface area contributed by atoms with Crippen molar-refractivity contribution in [1.29, 1.82) is 0 Å². The van der Waals surface area contributed by atoms with Crippen molar-refractivity contribution in [3.05, 3.63) is 54.6 Å². The van der Waals surface area contributed by atoms with E-state index in [0.29, 0.717) is 6.61 Å². The van der Waals surface area contributed by atoms with Gasteiger partial charge in [-0.1, -0.05) is 35.5 Å². The molecule has 4 nitrogen and oxygen atoms in total. The second-order valence-electron chi connectivity index (χ2n) is 4.32. The van der Waals surface area contributed by atoms with Crippen molar-refractivity contribution in [1.82, 2.24) is 15.0 Å². The molecule has 19 heavy (non-hydrogen) atoms. The Morgan fingerprint density at radius 2 is 1.74 bits per heavy atom. The van der Waals surface area contributed by atoms with E-state index in [1.807, 2.05) is 59.3 Å². The van der Waals surface area contributed by atoms with E-state index >= 15 is 0 Å². The predicted octanol–water partition coefficient (Wildman–Crippen LogP) is 2.90. The van der Waals surface area contributed by atoms with Crippen molar-refractivity contribution in [2.75, 3.05) is 6.61 Å². The summed E-state index contributed by atoms with van der Waals surface area (Å²) in [5.74, 6) is 0.908. The topological polar surface area (TPSA) is 39.9 Å². The van der Waals surface area contributed by atoms with E-state index in [1.54, 1.807) is 0 Å². The molecule has 1 aromatic heterocycles. The molecule has 0 amide bonds. The third-order valence-electron chi connectivity index (χ3n) is 2.95. The average molecular weight is 253 g/mol. The standard InChI is InChI=1S/C15H15N3O/c1-2-7-13(8-3-1)19-12-6-11-18-15-10-5-4-9-14(15)16-17-18/h1-5,7-10H,6,11-12H2. The van der Waals surface area contributed by atoms with Crippen molar-refractivity contribution in [3.8, 4) is 5.75 Å². The van der Waals surface area contributed by atoms with E-state index in [-0.39, 0.29) is 0 Å². The second-order valence-corrected chi connectivity index (χ2v) is 4.32. The van der Waals surface area contributed by atoms with Gasteiger partial charge in [0.2, 0.25) is 0 Å². The van der Waals surface area contributed by atoms with E-state index in [4.69, 9.17) is 4.74 Å². The quantitative estimate of drug-likeness (QED) is 0.656. The molecule has 3 rings (SSSR count). The van der Waals surface area contributed by atoms with Gasteiger partial charge in [-0.05, 0) is 24.3 Å². The normalized spacial score (nSPS) is 10.7. The Bertz CT molecular complexity index is 649. The van der Waals surface area contributed by atoms with E-state index in [2.05, 4.69) is 10.3 Å². The molecule has 0 bridgehead atoms. The molecule has 0 saturated heterocycles. The van der Waals surface area contributed by atoms with Crippen LogP contribution < -0.4 is 4.74 Å². The van der Waals surface area contributed by atoms with Crippen molar-refractivity contribution in [2.24, 2.45) is 0 Å². The molecule has 96 valence electrons. The Balaban J connectivity index is 1.55. The van der Waals surface area contributed by atoms with Crippen LogP contribution >= 0.6 is 0 Å². The first kappa shape index (κ1) is 11.7. The summed E-state index contributed by atoms with van der Waals surface area (Å²) in [6.07, 6.45) is 0.905. The summed E-state index contributed by atoms with van der Waals surface area (Å²) in [6.45, 7) is 1.49. The van der Waals surface area contributed by atoms with Crippen LogP contribution in [0.25, 0.3) is 11.0 Å². The van der Waals surface area contributed by atoms with Gasteiger partial charge < -0.3 is 4.74 Å². The summed E-state index contributed by atoms with van der Waals surface area (Å²) in [5.41, 5.74) is 2.01. The molecule has 1 heterocycles. The summed E-state index contributed by atoms with van der Waals surface area (Å²) in [5, 5.41) is 8.28. The number of para-hydroxylation sites is 2. The van der Waals surface area contributed by atoms with Crippen LogP contribution in [-0.2, 0) is 6.54 Å². The number of rotatable bonds is 5. The number of hydrogen-bond donors (Lipinski definition) is 0. The molecular formula is C15H15N3O. The zero-order chi connectivity index (χ0) is 12.9. The van der Waals surface area contributed by atoms with Crippen LogP contribution in [0.4, 0.5) is 0 Å². The Kier molecular flexibility index (Phi) is 3.40. The van der Waals surface area contributed by atoms with Gasteiger partial charge in [0.25, 0.3) is 0 Å². The minimum Gasteiger partial charge on any atom is -0.494 e. The SMILES string of the molecule is c1ccc(OCCCn2nnc3ccccc32)cc1. The molecule has 4 heteroatoms. The van der Waals surface area contributed by atoms with Gasteiger partial charge in [-0.25, -0.2) is 4.68 Å². The van der Waals surface area contributed by atoms with Gasteiger partial charge in [0.15, 0.2) is 0 Å². The highest BCUT2D eigenvalue weighted by molar-refractivity contribution is 5.73. The number of nitrogens with zero attached hydrogens (tertiary/aromatic N) is 3. The first-order chi connectivity index (χ1) is 9.43. The number of fused-ring (bicyclic) bond motifs is 1. The van der Waals surface area contributed by atoms with Crippen molar-refractivity contribution >= 4 is 11.0 Å². The Hall–Kier alpha value is -2.36. The van der Waals surface area contributed by atoms with Gasteiger partial charge in [-0.3, -0.25) is 0 Å². The molecule has 3 aromatic rings. The van der Waals surface area contributed by atoms with E-state index < -0.39 is 0 Å². The molecule has 0 fully saturated rings. The van der Waals surface area contributed by atoms with E-state index in [0.717, 1.165) is 29.7 Å². The summed E-state index contributed by atoms with van der Waals surface area (Å²) in [7, 11) is 0. The number of aromatic nitrogens is 3. The summed E-state index contributed by atoms with van der Waals surface area (Å²) in [4.78, 5) is 0. The Labute approximate surface area is 111 Å². The van der Waals surface area contributed by atoms with Crippen LogP contribution in [0.1, 0.15) is 6.42 Å². The van der Waals surface area contributed by atoms with Crippen LogP contribution in [0.15, 0.2) is 54.6 Å². The molecule has 0 aliphatic carbocycles. The lowest BCUT2D eigenvalue weighted by molar-refractivity contribution is 0.299. The third kappa shape index (κ3) is 2.73. The smallest absolute Gasteiger partial charge is 0.119 e. The maximum atomic E-state index is 5.65. The molecule has 0 radical (unpaired) electrons. The lowest BCUT2D eigenvalue weighted by Gasteiger charge is -2.06. The van der Waals surface area contributed by atoms with Gasteiger partial charge in [-0.15, -0.1) is 5.10 Å². The molecule has 0 saturated carbocycles. The summed E-state index contributed by atoms with van der Waals surface area (Å²) >= 11 is 0. The largest absolute Gasteiger partial charge is 0.494 e. The molecule has 0 aliphatic rings. The highest BCUT2D eigenvalue weighted by atomic mass is 16.5. The van der Waals surface area contributed by atoms with Crippen LogP contribution in [0.2, 0.25) is 0 Å². The van der Waals surface area contributed by atoms with Gasteiger partial charge >= 0.3 is 0 Å². The van der Waals surface area contributed by atoms with Gasteiger partial charge in [0.1, 0.15) is 11.3 Å². The minimum atomic E-state index is 0.679. The van der Waals surface area contributed by atoms with Crippen molar-refractivity contribution in [3.63, 3.8) is 0 Å². The lowest BCUT2D eigenvalue weighted by atomic mass is 10.3. The summed E-state index contributed by atoms with van der Waals surface area (Å²) in [6, 6.07) is 17.8. The van der Waals surface area contributed by atoms with Crippen LogP contribution in [0, 0.1) is 0 Å². The van der Waals surface area contributed by atoms with Gasteiger partial charge in [-0.2, -0.15) is 0 Å². The first-order valence-electron chi connectivity index (χ1n) is 6.39. The molecule has 2 aromatic carbocycles. The highest BCUT2D eigenvalue weighted by Crippen LogP contribution is 2.11. The Morgan fingerprint density at radius 3 is 2.63 bits per heavy atom. The predicted molar refractivity (Wildman–Crippen MR) is 74.1 cm³/mol. The number of benzene rings is 2. The number of hydrogen-bond acceptors (Lipinski definition) is 3. The fourth-order valence-electron chi connectivity index (χ4n) is 2.00. The maximum Gasteiger partial charge on any atom is 0.119 e. The number of ether oxygens (including phenoxy) is 1. The van der Waals surface area contributed by atoms with E-state index in [1.165, 1.54) is 0 Å². The molecule has 0 N–H and O–H groups in total. The molecular weight excluding hydrogens is 238 g/mol. The van der Waals surface area contributed by atoms with Gasteiger partial charge in [0, 0.05) is 13.0 Å². The third-order valence-corrected chi connectivity index (χ3v) is 2.95. The molecule has 0 unspecified atom stereocenters.